The van der Waals surface area contributed by atoms with Crippen LogP contribution in [0.15, 0.2) is 17.3 Å². The molecule has 0 fully saturated rings. The molecule has 1 aliphatic rings. The van der Waals surface area contributed by atoms with Crippen molar-refractivity contribution in [1.29, 1.82) is 0 Å². The second-order valence-electron chi connectivity index (χ2n) is 5.57. The number of carbonyl (C=O) groups excluding carboxylic acids is 2. The van der Waals surface area contributed by atoms with Crippen LogP contribution < -0.4 is 4.90 Å². The zero-order chi connectivity index (χ0) is 13.7. The number of imidazole rings is 1. The molecule has 0 radical (unpaired) electrons. The fourth-order valence-electron chi connectivity index (χ4n) is 1.75. The first-order valence-electron chi connectivity index (χ1n) is 5.85. The molecule has 96 valence electrons. The maximum absolute atomic E-state index is 12.0. The number of carbonyl (C=O) groups is 2. The summed E-state index contributed by atoms with van der Waals surface area (Å²) in [5.41, 5.74) is 1.75. The summed E-state index contributed by atoms with van der Waals surface area (Å²) in [6.45, 7) is 9.42. The normalized spacial score (nSPS) is 17.1. The van der Waals surface area contributed by atoms with Crippen LogP contribution in [-0.4, -0.2) is 21.8 Å². The van der Waals surface area contributed by atoms with Crippen molar-refractivity contribution in [3.05, 3.63) is 23.0 Å². The quantitative estimate of drug-likeness (QED) is 0.771. The lowest BCUT2D eigenvalue weighted by atomic mass is 9.93. The summed E-state index contributed by atoms with van der Waals surface area (Å²) < 4.78 is 0. The number of rotatable bonds is 1. The Bertz CT molecular complexity index is 537. The van der Waals surface area contributed by atoms with Crippen molar-refractivity contribution in [3.63, 3.8) is 0 Å². The molecule has 1 N–H and O–H groups in total. The molecular formula is C13H17N3O2. The van der Waals surface area contributed by atoms with E-state index in [2.05, 4.69) is 9.97 Å². The van der Waals surface area contributed by atoms with Gasteiger partial charge >= 0.3 is 0 Å². The Labute approximate surface area is 106 Å². The molecule has 0 spiro atoms. The van der Waals surface area contributed by atoms with E-state index in [0.29, 0.717) is 17.1 Å². The second-order valence-corrected chi connectivity index (χ2v) is 5.57. The Morgan fingerprint density at radius 1 is 1.11 bits per heavy atom. The Morgan fingerprint density at radius 3 is 2.00 bits per heavy atom. The van der Waals surface area contributed by atoms with Crippen molar-refractivity contribution in [2.45, 2.75) is 40.0 Å². The van der Waals surface area contributed by atoms with E-state index < -0.39 is 0 Å². The third-order valence-corrected chi connectivity index (χ3v) is 3.19. The van der Waals surface area contributed by atoms with Crippen molar-refractivity contribution in [3.8, 4) is 0 Å². The lowest BCUT2D eigenvalue weighted by Gasteiger charge is -2.16. The molecule has 18 heavy (non-hydrogen) atoms. The number of anilines is 1. The average molecular weight is 247 g/mol. The topological polar surface area (TPSA) is 66.1 Å². The summed E-state index contributed by atoms with van der Waals surface area (Å²) in [5.74, 6) is -0.300. The molecule has 2 amide bonds. The molecule has 0 atom stereocenters. The molecule has 0 aromatic carbocycles. The Hall–Kier alpha value is -1.91. The van der Waals surface area contributed by atoms with Crippen LogP contribution in [0.3, 0.4) is 0 Å². The van der Waals surface area contributed by atoms with E-state index in [4.69, 9.17) is 0 Å². The van der Waals surface area contributed by atoms with Crippen LogP contribution in [0.1, 0.15) is 40.3 Å². The van der Waals surface area contributed by atoms with Gasteiger partial charge in [0.25, 0.3) is 11.8 Å². The van der Waals surface area contributed by atoms with Crippen LogP contribution in [0.5, 0.6) is 0 Å². The number of aromatic nitrogens is 2. The third kappa shape index (κ3) is 1.75. The van der Waals surface area contributed by atoms with Crippen molar-refractivity contribution in [1.82, 2.24) is 9.97 Å². The molecule has 2 rings (SSSR count). The smallest absolute Gasteiger partial charge is 0.263 e. The lowest BCUT2D eigenvalue weighted by molar-refractivity contribution is -0.120. The average Bonchev–Trinajstić information content (AvgIpc) is 2.81. The van der Waals surface area contributed by atoms with Crippen LogP contribution in [0.2, 0.25) is 0 Å². The molecule has 1 aliphatic heterocycles. The molecule has 2 heterocycles. The highest BCUT2D eigenvalue weighted by molar-refractivity contribution is 6.31. The largest absolute Gasteiger partial charge is 0.327 e. The Kier molecular flexibility index (Phi) is 2.65. The van der Waals surface area contributed by atoms with Crippen molar-refractivity contribution >= 4 is 17.8 Å². The summed E-state index contributed by atoms with van der Waals surface area (Å²) >= 11 is 0. The van der Waals surface area contributed by atoms with Gasteiger partial charge in [-0.05, 0) is 13.8 Å². The zero-order valence-corrected chi connectivity index (χ0v) is 11.3. The first-order chi connectivity index (χ1) is 8.23. The predicted octanol–water partition coefficient (Wildman–Crippen LogP) is 1.92. The monoisotopic (exact) mass is 247 g/mol. The van der Waals surface area contributed by atoms with E-state index in [1.807, 2.05) is 20.8 Å². The van der Waals surface area contributed by atoms with Crippen molar-refractivity contribution < 1.29 is 9.59 Å². The molecule has 0 unspecified atom stereocenters. The predicted molar refractivity (Wildman–Crippen MR) is 68.2 cm³/mol. The van der Waals surface area contributed by atoms with Crippen LogP contribution in [0.4, 0.5) is 5.95 Å². The fourth-order valence-corrected chi connectivity index (χ4v) is 1.75. The molecule has 0 bridgehead atoms. The van der Waals surface area contributed by atoms with Crippen LogP contribution >= 0.6 is 0 Å². The van der Waals surface area contributed by atoms with Gasteiger partial charge in [-0.25, -0.2) is 9.88 Å². The summed E-state index contributed by atoms with van der Waals surface area (Å²) in [4.78, 5) is 32.2. The van der Waals surface area contributed by atoms with E-state index in [0.717, 1.165) is 10.6 Å². The van der Waals surface area contributed by atoms with Gasteiger partial charge in [0.2, 0.25) is 5.95 Å². The first kappa shape index (κ1) is 12.5. The van der Waals surface area contributed by atoms with Crippen molar-refractivity contribution in [2.75, 3.05) is 4.90 Å². The standard InChI is InChI=1S/C13H17N3O2/c1-7-8(2)11(18)16(10(7)17)12-14-6-9(15-12)13(3,4)5/h6H,1-5H3,(H,14,15). The molecule has 1 aromatic heterocycles. The number of nitrogens with zero attached hydrogens (tertiary/aromatic N) is 2. The van der Waals surface area contributed by atoms with Crippen LogP contribution in [-0.2, 0) is 15.0 Å². The van der Waals surface area contributed by atoms with E-state index in [9.17, 15) is 9.59 Å². The van der Waals surface area contributed by atoms with Crippen LogP contribution in [0.25, 0.3) is 0 Å². The number of hydrogen-bond donors (Lipinski definition) is 1. The Morgan fingerprint density at radius 2 is 1.61 bits per heavy atom. The molecule has 5 heteroatoms. The van der Waals surface area contributed by atoms with Gasteiger partial charge in [0.15, 0.2) is 0 Å². The van der Waals surface area contributed by atoms with Gasteiger partial charge in [-0.3, -0.25) is 9.59 Å². The number of nitrogens with one attached hydrogen (secondary N) is 1. The van der Waals surface area contributed by atoms with Gasteiger partial charge in [0.1, 0.15) is 0 Å². The first-order valence-corrected chi connectivity index (χ1v) is 5.85. The lowest BCUT2D eigenvalue weighted by Crippen LogP contribution is -2.32. The molecule has 0 saturated heterocycles. The minimum atomic E-state index is -0.299. The van der Waals surface area contributed by atoms with Gasteiger partial charge in [0.05, 0.1) is 6.20 Å². The van der Waals surface area contributed by atoms with E-state index in [-0.39, 0.29) is 17.2 Å². The molecule has 1 aromatic rings. The van der Waals surface area contributed by atoms with E-state index >= 15 is 0 Å². The number of hydrogen-bond acceptors (Lipinski definition) is 3. The summed E-state index contributed by atoms with van der Waals surface area (Å²) in [6, 6.07) is 0. The minimum Gasteiger partial charge on any atom is -0.327 e. The third-order valence-electron chi connectivity index (χ3n) is 3.19. The molecule has 0 aliphatic carbocycles. The number of H-pyrrole nitrogens is 1. The van der Waals surface area contributed by atoms with Gasteiger partial charge < -0.3 is 4.98 Å². The van der Waals surface area contributed by atoms with E-state index in [1.54, 1.807) is 20.0 Å². The molecule has 5 nitrogen and oxygen atoms in total. The summed E-state index contributed by atoms with van der Waals surface area (Å²) in [6.07, 6.45) is 1.67. The van der Waals surface area contributed by atoms with Crippen molar-refractivity contribution in [2.24, 2.45) is 0 Å². The maximum atomic E-state index is 12.0. The molecular weight excluding hydrogens is 230 g/mol. The second kappa shape index (κ2) is 3.80. The van der Waals surface area contributed by atoms with Gasteiger partial charge in [-0.1, -0.05) is 20.8 Å². The van der Waals surface area contributed by atoms with Gasteiger partial charge in [-0.15, -0.1) is 0 Å². The number of amides is 2. The highest BCUT2D eigenvalue weighted by Gasteiger charge is 2.36. The fraction of sp³-hybridized carbons (Fsp3) is 0.462. The highest BCUT2D eigenvalue weighted by atomic mass is 16.2. The summed E-state index contributed by atoms with van der Waals surface area (Å²) in [7, 11) is 0. The molecule has 0 saturated carbocycles. The van der Waals surface area contributed by atoms with Crippen LogP contribution in [0, 0.1) is 0 Å². The van der Waals surface area contributed by atoms with E-state index in [1.165, 1.54) is 0 Å². The number of imide groups is 1. The van der Waals surface area contributed by atoms with Gasteiger partial charge in [-0.2, -0.15) is 0 Å². The zero-order valence-electron chi connectivity index (χ0n) is 11.3. The highest BCUT2D eigenvalue weighted by Crippen LogP contribution is 2.27. The SMILES string of the molecule is CC1=C(C)C(=O)N(c2ncc(C(C)(C)C)[nH]2)C1=O. The van der Waals surface area contributed by atoms with Gasteiger partial charge in [0, 0.05) is 22.3 Å². The Balaban J connectivity index is 2.38. The maximum Gasteiger partial charge on any atom is 0.263 e. The number of aromatic amines is 1. The summed E-state index contributed by atoms with van der Waals surface area (Å²) in [5, 5.41) is 0. The minimum absolute atomic E-state index is 0.103.